The first kappa shape index (κ1) is 16.5. The number of rotatable bonds is 7. The van der Waals surface area contributed by atoms with Crippen molar-refractivity contribution in [3.8, 4) is 5.75 Å². The molecule has 0 spiro atoms. The van der Waals surface area contributed by atoms with Gasteiger partial charge in [-0.25, -0.2) is 0 Å². The van der Waals surface area contributed by atoms with Gasteiger partial charge in [0.1, 0.15) is 5.75 Å². The van der Waals surface area contributed by atoms with Crippen LogP contribution in [0.3, 0.4) is 0 Å². The van der Waals surface area contributed by atoms with Crippen LogP contribution in [-0.4, -0.2) is 13.7 Å². The van der Waals surface area contributed by atoms with Gasteiger partial charge in [0.15, 0.2) is 0 Å². The summed E-state index contributed by atoms with van der Waals surface area (Å²) in [4.78, 5) is 1.42. The maximum Gasteiger partial charge on any atom is 0.133 e. The van der Waals surface area contributed by atoms with E-state index in [0.29, 0.717) is 0 Å². The molecule has 0 amide bonds. The average molecular weight is 368 g/mol. The van der Waals surface area contributed by atoms with Crippen molar-refractivity contribution in [1.29, 1.82) is 0 Å². The molecule has 2 rings (SSSR count). The van der Waals surface area contributed by atoms with E-state index in [2.05, 4.69) is 58.7 Å². The van der Waals surface area contributed by atoms with Crippen molar-refractivity contribution in [3.63, 3.8) is 0 Å². The zero-order chi connectivity index (χ0) is 15.2. The van der Waals surface area contributed by atoms with E-state index in [-0.39, 0.29) is 6.04 Å². The lowest BCUT2D eigenvalue weighted by Crippen LogP contribution is -2.23. The largest absolute Gasteiger partial charge is 0.496 e. The number of thiophene rings is 1. The molecule has 4 heteroatoms. The molecule has 0 bridgehead atoms. The molecular weight excluding hydrogens is 346 g/mol. The second kappa shape index (κ2) is 7.97. The van der Waals surface area contributed by atoms with Crippen molar-refractivity contribution >= 4 is 27.3 Å². The second-order valence-electron chi connectivity index (χ2n) is 4.94. The number of hydrogen-bond donors (Lipinski definition) is 1. The van der Waals surface area contributed by atoms with E-state index >= 15 is 0 Å². The Morgan fingerprint density at radius 3 is 2.71 bits per heavy atom. The molecule has 0 aliphatic rings. The fourth-order valence-electron chi connectivity index (χ4n) is 2.41. The summed E-state index contributed by atoms with van der Waals surface area (Å²) in [5.74, 6) is 0.870. The van der Waals surface area contributed by atoms with Gasteiger partial charge in [-0.15, -0.1) is 11.3 Å². The lowest BCUT2D eigenvalue weighted by Gasteiger charge is -2.20. The number of aryl methyl sites for hydroxylation is 1. The van der Waals surface area contributed by atoms with Crippen LogP contribution in [0.5, 0.6) is 5.75 Å². The zero-order valence-electron chi connectivity index (χ0n) is 12.8. The molecule has 1 N–H and O–H groups in total. The molecule has 1 aromatic carbocycles. The van der Waals surface area contributed by atoms with Gasteiger partial charge < -0.3 is 10.1 Å². The topological polar surface area (TPSA) is 21.3 Å². The summed E-state index contributed by atoms with van der Waals surface area (Å²) in [7, 11) is 1.70. The van der Waals surface area contributed by atoms with Crippen LogP contribution in [0.25, 0.3) is 0 Å². The number of ether oxygens (including phenoxy) is 1. The van der Waals surface area contributed by atoms with Crippen LogP contribution in [0, 0.1) is 0 Å². The second-order valence-corrected chi connectivity index (χ2v) is 6.75. The first-order valence-electron chi connectivity index (χ1n) is 7.34. The van der Waals surface area contributed by atoms with E-state index in [9.17, 15) is 0 Å². The van der Waals surface area contributed by atoms with Gasteiger partial charge in [0.2, 0.25) is 0 Å². The summed E-state index contributed by atoms with van der Waals surface area (Å²) in [6.07, 6.45) is 2.20. The summed E-state index contributed by atoms with van der Waals surface area (Å²) in [6, 6.07) is 8.82. The molecule has 1 atom stereocenters. The fourth-order valence-corrected chi connectivity index (χ4v) is 4.06. The van der Waals surface area contributed by atoms with Crippen molar-refractivity contribution in [1.82, 2.24) is 5.32 Å². The van der Waals surface area contributed by atoms with Crippen LogP contribution in [0.15, 0.2) is 34.1 Å². The van der Waals surface area contributed by atoms with Gasteiger partial charge in [-0.1, -0.05) is 19.9 Å². The minimum atomic E-state index is 0.252. The van der Waals surface area contributed by atoms with Crippen LogP contribution in [0.4, 0.5) is 0 Å². The highest BCUT2D eigenvalue weighted by atomic mass is 79.9. The maximum atomic E-state index is 5.33. The molecule has 0 saturated heterocycles. The standard InChI is InChI=1S/C17H22BrNOS/c1-4-9-19-16(17-12(5-2)8-10-21-17)13-6-7-15(20-3)14(18)11-13/h6-8,10-11,16,19H,4-5,9H2,1-3H3. The molecule has 1 heterocycles. The van der Waals surface area contributed by atoms with Crippen molar-refractivity contribution < 1.29 is 4.74 Å². The number of hydrogen-bond acceptors (Lipinski definition) is 3. The Hall–Kier alpha value is -0.840. The quantitative estimate of drug-likeness (QED) is 0.728. The van der Waals surface area contributed by atoms with E-state index in [1.54, 1.807) is 7.11 Å². The van der Waals surface area contributed by atoms with Crippen molar-refractivity contribution in [3.05, 3.63) is 50.1 Å². The number of nitrogens with one attached hydrogen (secondary N) is 1. The lowest BCUT2D eigenvalue weighted by atomic mass is 10.0. The summed E-state index contributed by atoms with van der Waals surface area (Å²) in [5.41, 5.74) is 2.70. The molecule has 0 fully saturated rings. The van der Waals surface area contributed by atoms with Gasteiger partial charge in [-0.2, -0.15) is 0 Å². The van der Waals surface area contributed by atoms with Gasteiger partial charge in [0.05, 0.1) is 17.6 Å². The lowest BCUT2D eigenvalue weighted by molar-refractivity contribution is 0.411. The molecule has 0 radical (unpaired) electrons. The molecule has 2 nitrogen and oxygen atoms in total. The van der Waals surface area contributed by atoms with Gasteiger partial charge in [-0.05, 0) is 70.0 Å². The van der Waals surface area contributed by atoms with Gasteiger partial charge in [0.25, 0.3) is 0 Å². The number of methoxy groups -OCH3 is 1. The first-order valence-corrected chi connectivity index (χ1v) is 9.01. The van der Waals surface area contributed by atoms with Crippen LogP contribution < -0.4 is 10.1 Å². The van der Waals surface area contributed by atoms with Crippen LogP contribution in [-0.2, 0) is 6.42 Å². The van der Waals surface area contributed by atoms with Gasteiger partial charge >= 0.3 is 0 Å². The first-order chi connectivity index (χ1) is 10.2. The van der Waals surface area contributed by atoms with Gasteiger partial charge in [-0.3, -0.25) is 0 Å². The smallest absolute Gasteiger partial charge is 0.133 e. The van der Waals surface area contributed by atoms with Crippen LogP contribution in [0.2, 0.25) is 0 Å². The molecular formula is C17H22BrNOS. The Bertz CT molecular complexity index is 582. The highest BCUT2D eigenvalue weighted by Crippen LogP contribution is 2.34. The molecule has 21 heavy (non-hydrogen) atoms. The van der Waals surface area contributed by atoms with E-state index in [1.807, 2.05) is 17.4 Å². The highest BCUT2D eigenvalue weighted by molar-refractivity contribution is 9.10. The maximum absolute atomic E-state index is 5.33. The minimum Gasteiger partial charge on any atom is -0.496 e. The molecule has 2 aromatic rings. The molecule has 0 saturated carbocycles. The normalized spacial score (nSPS) is 12.4. The number of benzene rings is 1. The molecule has 1 aromatic heterocycles. The summed E-state index contributed by atoms with van der Waals surface area (Å²) in [5, 5.41) is 5.86. The summed E-state index contributed by atoms with van der Waals surface area (Å²) in [6.45, 7) is 5.42. The van der Waals surface area contributed by atoms with Crippen molar-refractivity contribution in [2.45, 2.75) is 32.7 Å². The third kappa shape index (κ3) is 3.87. The monoisotopic (exact) mass is 367 g/mol. The van der Waals surface area contributed by atoms with E-state index in [1.165, 1.54) is 16.0 Å². The predicted octanol–water partition coefficient (Wildman–Crippen LogP) is 5.17. The Morgan fingerprint density at radius 1 is 1.29 bits per heavy atom. The highest BCUT2D eigenvalue weighted by Gasteiger charge is 2.18. The summed E-state index contributed by atoms with van der Waals surface area (Å²) < 4.78 is 6.33. The third-order valence-electron chi connectivity index (χ3n) is 3.53. The van der Waals surface area contributed by atoms with Crippen LogP contribution >= 0.6 is 27.3 Å². The molecule has 1 unspecified atom stereocenters. The fraction of sp³-hybridized carbons (Fsp3) is 0.412. The van der Waals surface area contributed by atoms with E-state index < -0.39 is 0 Å². The van der Waals surface area contributed by atoms with Gasteiger partial charge in [0, 0.05) is 4.88 Å². The van der Waals surface area contributed by atoms with Crippen molar-refractivity contribution in [2.24, 2.45) is 0 Å². The van der Waals surface area contributed by atoms with Crippen molar-refractivity contribution in [2.75, 3.05) is 13.7 Å². The molecule has 114 valence electrons. The summed E-state index contributed by atoms with van der Waals surface area (Å²) >= 11 is 5.43. The Labute approximate surface area is 139 Å². The predicted molar refractivity (Wildman–Crippen MR) is 94.5 cm³/mol. The average Bonchev–Trinajstić information content (AvgIpc) is 2.96. The SMILES string of the molecule is CCCNC(c1ccc(OC)c(Br)c1)c1sccc1CC. The minimum absolute atomic E-state index is 0.252. The number of halogens is 1. The Balaban J connectivity index is 2.38. The molecule has 0 aliphatic carbocycles. The van der Waals surface area contributed by atoms with Crippen LogP contribution in [0.1, 0.15) is 42.3 Å². The Kier molecular flexibility index (Phi) is 6.27. The van der Waals surface area contributed by atoms with E-state index in [0.717, 1.165) is 29.6 Å². The zero-order valence-corrected chi connectivity index (χ0v) is 15.2. The van der Waals surface area contributed by atoms with E-state index in [4.69, 9.17) is 4.74 Å². The molecule has 0 aliphatic heterocycles. The Morgan fingerprint density at radius 2 is 2.10 bits per heavy atom. The third-order valence-corrected chi connectivity index (χ3v) is 5.18.